The molecule has 1 aromatic heterocycles. The van der Waals surface area contributed by atoms with Crippen LogP contribution >= 0.6 is 11.6 Å². The summed E-state index contributed by atoms with van der Waals surface area (Å²) in [6.07, 6.45) is 3.54. The molecular formula is C9H14ClN3. The standard InChI is InChI=1S/C9H14ClN3/c1-11-6-7-9(10)13-5-3-2-4-8(13)12-7/h11H,2-6H2,1H3. The van der Waals surface area contributed by atoms with Gasteiger partial charge in [-0.15, -0.1) is 0 Å². The van der Waals surface area contributed by atoms with Gasteiger partial charge in [-0.25, -0.2) is 4.98 Å². The minimum absolute atomic E-state index is 0.763. The van der Waals surface area contributed by atoms with E-state index in [0.29, 0.717) is 0 Å². The van der Waals surface area contributed by atoms with Crippen molar-refractivity contribution in [1.82, 2.24) is 14.9 Å². The molecule has 0 spiro atoms. The van der Waals surface area contributed by atoms with Gasteiger partial charge in [-0.1, -0.05) is 11.6 Å². The zero-order valence-electron chi connectivity index (χ0n) is 7.81. The van der Waals surface area contributed by atoms with Crippen molar-refractivity contribution in [3.8, 4) is 0 Å². The van der Waals surface area contributed by atoms with E-state index in [1.165, 1.54) is 12.8 Å². The van der Waals surface area contributed by atoms with Crippen LogP contribution in [0.4, 0.5) is 0 Å². The maximum Gasteiger partial charge on any atom is 0.133 e. The van der Waals surface area contributed by atoms with Gasteiger partial charge in [0.1, 0.15) is 11.0 Å². The Balaban J connectivity index is 2.33. The summed E-state index contributed by atoms with van der Waals surface area (Å²) in [5.41, 5.74) is 0.987. The molecule has 13 heavy (non-hydrogen) atoms. The lowest BCUT2D eigenvalue weighted by molar-refractivity contribution is 0.523. The van der Waals surface area contributed by atoms with E-state index >= 15 is 0 Å². The number of hydrogen-bond donors (Lipinski definition) is 1. The first-order valence-corrected chi connectivity index (χ1v) is 5.09. The van der Waals surface area contributed by atoms with Gasteiger partial charge in [-0.2, -0.15) is 0 Å². The molecule has 4 heteroatoms. The molecule has 2 heterocycles. The maximum atomic E-state index is 6.18. The van der Waals surface area contributed by atoms with E-state index in [4.69, 9.17) is 11.6 Å². The Morgan fingerprint density at radius 3 is 3.08 bits per heavy atom. The predicted molar refractivity (Wildman–Crippen MR) is 52.9 cm³/mol. The lowest BCUT2D eigenvalue weighted by Crippen LogP contribution is -2.10. The highest BCUT2D eigenvalue weighted by atomic mass is 35.5. The number of fused-ring (bicyclic) bond motifs is 1. The molecule has 0 radical (unpaired) electrons. The molecule has 0 amide bonds. The van der Waals surface area contributed by atoms with Crippen LogP contribution in [0.25, 0.3) is 0 Å². The number of nitrogens with one attached hydrogen (secondary N) is 1. The summed E-state index contributed by atoms with van der Waals surface area (Å²) in [7, 11) is 1.91. The molecule has 1 aromatic rings. The van der Waals surface area contributed by atoms with Crippen LogP contribution in [-0.2, 0) is 19.5 Å². The van der Waals surface area contributed by atoms with Crippen molar-refractivity contribution in [3.05, 3.63) is 16.7 Å². The maximum absolute atomic E-state index is 6.18. The molecule has 0 atom stereocenters. The first-order chi connectivity index (χ1) is 6.33. The second-order valence-electron chi connectivity index (χ2n) is 3.40. The van der Waals surface area contributed by atoms with Gasteiger partial charge in [-0.3, -0.25) is 0 Å². The van der Waals surface area contributed by atoms with Gasteiger partial charge < -0.3 is 9.88 Å². The van der Waals surface area contributed by atoms with Crippen LogP contribution in [0.1, 0.15) is 24.4 Å². The van der Waals surface area contributed by atoms with Gasteiger partial charge in [-0.05, 0) is 19.9 Å². The molecule has 1 N–H and O–H groups in total. The number of rotatable bonds is 2. The lowest BCUT2D eigenvalue weighted by Gasteiger charge is -2.13. The molecule has 1 aliphatic heterocycles. The van der Waals surface area contributed by atoms with Crippen LogP contribution in [0.2, 0.25) is 5.15 Å². The minimum Gasteiger partial charge on any atom is -0.319 e. The Labute approximate surface area is 83.1 Å². The van der Waals surface area contributed by atoms with Gasteiger partial charge in [0.25, 0.3) is 0 Å². The number of halogens is 1. The molecule has 2 rings (SSSR count). The third-order valence-electron chi connectivity index (χ3n) is 2.43. The lowest BCUT2D eigenvalue weighted by atomic mass is 10.2. The molecule has 0 saturated carbocycles. The van der Waals surface area contributed by atoms with E-state index < -0.39 is 0 Å². The molecule has 0 unspecified atom stereocenters. The van der Waals surface area contributed by atoms with Crippen molar-refractivity contribution in [2.24, 2.45) is 0 Å². The number of aryl methyl sites for hydroxylation is 1. The topological polar surface area (TPSA) is 29.9 Å². The van der Waals surface area contributed by atoms with Gasteiger partial charge in [0, 0.05) is 19.5 Å². The fourth-order valence-corrected chi connectivity index (χ4v) is 2.07. The van der Waals surface area contributed by atoms with Gasteiger partial charge in [0.2, 0.25) is 0 Å². The SMILES string of the molecule is CNCc1nc2n(c1Cl)CCCC2. The summed E-state index contributed by atoms with van der Waals surface area (Å²) in [6.45, 7) is 1.80. The Bertz CT molecular complexity index is 306. The molecule has 0 aromatic carbocycles. The second-order valence-corrected chi connectivity index (χ2v) is 3.76. The molecule has 0 fully saturated rings. The number of imidazole rings is 1. The van der Waals surface area contributed by atoms with Crippen LogP contribution in [0.5, 0.6) is 0 Å². The third-order valence-corrected chi connectivity index (χ3v) is 2.85. The number of aromatic nitrogens is 2. The van der Waals surface area contributed by atoms with Crippen molar-refractivity contribution in [1.29, 1.82) is 0 Å². The van der Waals surface area contributed by atoms with Crippen molar-refractivity contribution < 1.29 is 0 Å². The Morgan fingerprint density at radius 2 is 2.38 bits per heavy atom. The van der Waals surface area contributed by atoms with Crippen LogP contribution in [0.3, 0.4) is 0 Å². The average Bonchev–Trinajstić information content (AvgIpc) is 2.46. The van der Waals surface area contributed by atoms with Crippen molar-refractivity contribution >= 4 is 11.6 Å². The Morgan fingerprint density at radius 1 is 1.54 bits per heavy atom. The van der Waals surface area contributed by atoms with Crippen LogP contribution in [0.15, 0.2) is 0 Å². The summed E-state index contributed by atoms with van der Waals surface area (Å²) in [4.78, 5) is 4.51. The summed E-state index contributed by atoms with van der Waals surface area (Å²) >= 11 is 6.18. The van der Waals surface area contributed by atoms with Crippen LogP contribution < -0.4 is 5.32 Å². The molecule has 1 aliphatic rings. The van der Waals surface area contributed by atoms with Gasteiger partial charge >= 0.3 is 0 Å². The summed E-state index contributed by atoms with van der Waals surface area (Å²) < 4.78 is 2.14. The van der Waals surface area contributed by atoms with Crippen molar-refractivity contribution in [2.75, 3.05) is 7.05 Å². The minimum atomic E-state index is 0.763. The second kappa shape index (κ2) is 3.68. The van der Waals surface area contributed by atoms with Crippen molar-refractivity contribution in [3.63, 3.8) is 0 Å². The number of nitrogens with zero attached hydrogens (tertiary/aromatic N) is 2. The highest BCUT2D eigenvalue weighted by Gasteiger charge is 2.17. The molecular weight excluding hydrogens is 186 g/mol. The smallest absolute Gasteiger partial charge is 0.133 e. The predicted octanol–water partition coefficient (Wildman–Crippen LogP) is 1.59. The first-order valence-electron chi connectivity index (χ1n) is 4.71. The van der Waals surface area contributed by atoms with E-state index in [-0.39, 0.29) is 0 Å². The first kappa shape index (κ1) is 9.03. The molecule has 0 aliphatic carbocycles. The van der Waals surface area contributed by atoms with E-state index in [2.05, 4.69) is 14.9 Å². The summed E-state index contributed by atoms with van der Waals surface area (Å²) in [5.74, 6) is 1.15. The molecule has 3 nitrogen and oxygen atoms in total. The zero-order valence-corrected chi connectivity index (χ0v) is 8.56. The van der Waals surface area contributed by atoms with E-state index in [9.17, 15) is 0 Å². The van der Waals surface area contributed by atoms with Crippen LogP contribution in [-0.4, -0.2) is 16.6 Å². The Kier molecular flexibility index (Phi) is 2.56. The molecule has 0 saturated heterocycles. The van der Waals surface area contributed by atoms with Gasteiger partial charge in [0.15, 0.2) is 0 Å². The fourth-order valence-electron chi connectivity index (χ4n) is 1.78. The van der Waals surface area contributed by atoms with Crippen LogP contribution in [0, 0.1) is 0 Å². The largest absolute Gasteiger partial charge is 0.319 e. The van der Waals surface area contributed by atoms with E-state index in [0.717, 1.165) is 36.2 Å². The highest BCUT2D eigenvalue weighted by Crippen LogP contribution is 2.23. The quantitative estimate of drug-likeness (QED) is 0.784. The summed E-state index contributed by atoms with van der Waals surface area (Å²) in [6, 6.07) is 0. The zero-order chi connectivity index (χ0) is 9.26. The Hall–Kier alpha value is -0.540. The van der Waals surface area contributed by atoms with Gasteiger partial charge in [0.05, 0.1) is 5.69 Å². The van der Waals surface area contributed by atoms with E-state index in [1.54, 1.807) is 0 Å². The molecule has 0 bridgehead atoms. The fraction of sp³-hybridized carbons (Fsp3) is 0.667. The number of hydrogen-bond acceptors (Lipinski definition) is 2. The van der Waals surface area contributed by atoms with Crippen molar-refractivity contribution in [2.45, 2.75) is 32.4 Å². The highest BCUT2D eigenvalue weighted by molar-refractivity contribution is 6.30. The van der Waals surface area contributed by atoms with E-state index in [1.807, 2.05) is 7.05 Å². The molecule has 72 valence electrons. The monoisotopic (exact) mass is 199 g/mol. The summed E-state index contributed by atoms with van der Waals surface area (Å²) in [5, 5.41) is 3.90. The third kappa shape index (κ3) is 1.58. The average molecular weight is 200 g/mol. The normalized spacial score (nSPS) is 15.8.